The molecule has 188 valence electrons. The Hall–Kier alpha value is -2.46. The predicted molar refractivity (Wildman–Crippen MR) is 132 cm³/mol. The lowest BCUT2D eigenvalue weighted by molar-refractivity contribution is -0.118. The second-order valence-corrected chi connectivity index (χ2v) is 11.4. The van der Waals surface area contributed by atoms with E-state index in [-0.39, 0.29) is 30.1 Å². The quantitative estimate of drug-likeness (QED) is 0.610. The summed E-state index contributed by atoms with van der Waals surface area (Å²) in [4.78, 5) is 15.2. The molecule has 0 aliphatic carbocycles. The van der Waals surface area contributed by atoms with Gasteiger partial charge in [0, 0.05) is 19.8 Å². The first-order chi connectivity index (χ1) is 15.9. The number of amides is 1. The molecule has 0 saturated carbocycles. The molecule has 1 atom stereocenters. The first-order valence-corrected chi connectivity index (χ1v) is 13.2. The first kappa shape index (κ1) is 26.2. The number of hydrogen-bond donors (Lipinski definition) is 1. The van der Waals surface area contributed by atoms with Crippen LogP contribution in [-0.4, -0.2) is 55.2 Å². The number of nitrogens with zero attached hydrogens (tertiary/aromatic N) is 4. The Kier molecular flexibility index (Phi) is 8.02. The Morgan fingerprint density at radius 2 is 1.82 bits per heavy atom. The van der Waals surface area contributed by atoms with Gasteiger partial charge in [0.15, 0.2) is 0 Å². The molecule has 3 rings (SSSR count). The molecule has 0 radical (unpaired) electrons. The Balaban J connectivity index is 1.92. The van der Waals surface area contributed by atoms with E-state index in [2.05, 4.69) is 14.7 Å². The zero-order chi connectivity index (χ0) is 25.2. The van der Waals surface area contributed by atoms with Gasteiger partial charge >= 0.3 is 10.2 Å². The van der Waals surface area contributed by atoms with E-state index in [4.69, 9.17) is 0 Å². The number of carbonyl (C=O) groups excluding carboxylic acids is 1. The number of benzene rings is 1. The number of halogens is 1. The molecule has 2 heterocycles. The number of likely N-dealkylation sites (N-methyl/N-ethyl adjacent to an activating group) is 1. The molecule has 1 aliphatic rings. The summed E-state index contributed by atoms with van der Waals surface area (Å²) in [7, 11) is -0.529. The summed E-state index contributed by atoms with van der Waals surface area (Å²) in [6.07, 6.45) is 4.51. The van der Waals surface area contributed by atoms with Crippen molar-refractivity contribution in [1.82, 2.24) is 19.4 Å². The summed E-state index contributed by atoms with van der Waals surface area (Å²) in [5.41, 5.74) is 2.53. The number of piperidine rings is 1. The van der Waals surface area contributed by atoms with Crippen LogP contribution in [0.4, 0.5) is 10.1 Å². The van der Waals surface area contributed by atoms with E-state index in [0.29, 0.717) is 35.3 Å². The predicted octanol–water partition coefficient (Wildman–Crippen LogP) is 3.31. The van der Waals surface area contributed by atoms with Gasteiger partial charge in [-0.1, -0.05) is 27.7 Å². The van der Waals surface area contributed by atoms with E-state index in [1.807, 2.05) is 34.7 Å². The molecule has 1 aromatic heterocycles. The van der Waals surface area contributed by atoms with Crippen LogP contribution < -0.4 is 9.03 Å². The van der Waals surface area contributed by atoms with Gasteiger partial charge in [0.2, 0.25) is 5.91 Å². The lowest BCUT2D eigenvalue weighted by Crippen LogP contribution is -2.54. The first-order valence-electron chi connectivity index (χ1n) is 11.7. The number of aryl methyl sites for hydroxylation is 1. The highest BCUT2D eigenvalue weighted by Crippen LogP contribution is 2.30. The number of nitrogens with one attached hydrogen (secondary N) is 1. The van der Waals surface area contributed by atoms with Gasteiger partial charge < -0.3 is 4.90 Å². The van der Waals surface area contributed by atoms with Gasteiger partial charge in [-0.05, 0) is 67.1 Å². The third kappa shape index (κ3) is 5.96. The van der Waals surface area contributed by atoms with Crippen molar-refractivity contribution >= 4 is 21.8 Å². The standard InChI is InChI=1S/C24H36FN5O3S/c1-16(2)21-10-18(25)11-22(17(3)4)23(21)12-24(31)27-34(32,33)30(20-13-26-29(6)15-20)19-8-7-9-28(5)14-19/h10-11,13,15-17,19H,7-9,12,14H2,1-6H3,(H,27,31). The van der Waals surface area contributed by atoms with E-state index < -0.39 is 16.1 Å². The minimum Gasteiger partial charge on any atom is -0.304 e. The topological polar surface area (TPSA) is 87.5 Å². The smallest absolute Gasteiger partial charge is 0.304 e. The zero-order valence-electron chi connectivity index (χ0n) is 20.9. The Bertz CT molecular complexity index is 1100. The Morgan fingerprint density at radius 3 is 2.32 bits per heavy atom. The highest BCUT2D eigenvalue weighted by molar-refractivity contribution is 7.91. The summed E-state index contributed by atoms with van der Waals surface area (Å²) in [5.74, 6) is -1.03. The fourth-order valence-corrected chi connectivity index (χ4v) is 6.10. The largest absolute Gasteiger partial charge is 0.326 e. The third-order valence-electron chi connectivity index (χ3n) is 6.24. The van der Waals surface area contributed by atoms with Crippen LogP contribution in [0.2, 0.25) is 0 Å². The molecule has 0 bridgehead atoms. The van der Waals surface area contributed by atoms with E-state index in [1.54, 1.807) is 13.2 Å². The Labute approximate surface area is 202 Å². The van der Waals surface area contributed by atoms with Crippen LogP contribution in [-0.2, 0) is 28.5 Å². The van der Waals surface area contributed by atoms with E-state index >= 15 is 0 Å². The van der Waals surface area contributed by atoms with E-state index in [9.17, 15) is 17.6 Å². The molecule has 1 saturated heterocycles. The monoisotopic (exact) mass is 493 g/mol. The van der Waals surface area contributed by atoms with Crippen LogP contribution >= 0.6 is 0 Å². The van der Waals surface area contributed by atoms with Gasteiger partial charge in [-0.15, -0.1) is 0 Å². The van der Waals surface area contributed by atoms with Crippen LogP contribution in [0.15, 0.2) is 24.5 Å². The number of anilines is 1. The minimum absolute atomic E-state index is 0.0164. The van der Waals surface area contributed by atoms with Crippen molar-refractivity contribution < 1.29 is 17.6 Å². The Morgan fingerprint density at radius 1 is 1.21 bits per heavy atom. The van der Waals surface area contributed by atoms with Gasteiger partial charge in [-0.2, -0.15) is 13.5 Å². The maximum atomic E-state index is 14.3. The van der Waals surface area contributed by atoms with Crippen molar-refractivity contribution in [2.45, 2.75) is 64.8 Å². The average Bonchev–Trinajstić information content (AvgIpc) is 3.13. The molecule has 2 aromatic rings. The van der Waals surface area contributed by atoms with E-state index in [0.717, 1.165) is 13.0 Å². The molecule has 1 amide bonds. The zero-order valence-corrected chi connectivity index (χ0v) is 21.7. The van der Waals surface area contributed by atoms with Gasteiger partial charge in [0.05, 0.1) is 24.3 Å². The number of likely N-dealkylation sites (tertiary alicyclic amines) is 1. The van der Waals surface area contributed by atoms with Crippen molar-refractivity contribution in [3.63, 3.8) is 0 Å². The molecule has 8 nitrogen and oxygen atoms in total. The second-order valence-electron chi connectivity index (χ2n) is 9.81. The molecule has 10 heteroatoms. The number of rotatable bonds is 8. The summed E-state index contributed by atoms with van der Waals surface area (Å²) >= 11 is 0. The van der Waals surface area contributed by atoms with Crippen LogP contribution in [0.1, 0.15) is 69.1 Å². The number of aromatic nitrogens is 2. The normalized spacial score (nSPS) is 17.4. The number of carbonyl (C=O) groups is 1. The molecule has 0 spiro atoms. The fraction of sp³-hybridized carbons (Fsp3) is 0.583. The van der Waals surface area contributed by atoms with Crippen LogP contribution in [0.3, 0.4) is 0 Å². The lowest BCUT2D eigenvalue weighted by atomic mass is 9.87. The molecule has 1 fully saturated rings. The lowest BCUT2D eigenvalue weighted by Gasteiger charge is -2.37. The van der Waals surface area contributed by atoms with Crippen molar-refractivity contribution in [1.29, 1.82) is 0 Å². The van der Waals surface area contributed by atoms with E-state index in [1.165, 1.54) is 27.3 Å². The third-order valence-corrected chi connectivity index (χ3v) is 7.76. The number of hydrogen-bond acceptors (Lipinski definition) is 5. The molecule has 1 aromatic carbocycles. The molecule has 1 aliphatic heterocycles. The second kappa shape index (κ2) is 10.4. The highest BCUT2D eigenvalue weighted by Gasteiger charge is 2.35. The van der Waals surface area contributed by atoms with Crippen LogP contribution in [0.25, 0.3) is 0 Å². The van der Waals surface area contributed by atoms with Gasteiger partial charge in [-0.3, -0.25) is 9.48 Å². The molecule has 1 unspecified atom stereocenters. The molecule has 1 N–H and O–H groups in total. The molecular weight excluding hydrogens is 457 g/mol. The fourth-order valence-electron chi connectivity index (χ4n) is 4.70. The molecule has 34 heavy (non-hydrogen) atoms. The SMILES string of the molecule is CC(C)c1cc(F)cc(C(C)C)c1CC(=O)NS(=O)(=O)N(c1cnn(C)c1)C1CCCN(C)C1. The van der Waals surface area contributed by atoms with Gasteiger partial charge in [0.1, 0.15) is 5.82 Å². The maximum Gasteiger partial charge on any atom is 0.326 e. The van der Waals surface area contributed by atoms with Crippen molar-refractivity contribution in [3.05, 3.63) is 47.0 Å². The molecular formula is C24H36FN5O3S. The summed E-state index contributed by atoms with van der Waals surface area (Å²) in [6.45, 7) is 9.17. The van der Waals surface area contributed by atoms with Crippen LogP contribution in [0.5, 0.6) is 0 Å². The van der Waals surface area contributed by atoms with Crippen molar-refractivity contribution in [2.24, 2.45) is 7.05 Å². The summed E-state index contributed by atoms with van der Waals surface area (Å²) in [5, 5.41) is 4.13. The highest BCUT2D eigenvalue weighted by atomic mass is 32.2. The average molecular weight is 494 g/mol. The minimum atomic E-state index is -4.20. The maximum absolute atomic E-state index is 14.3. The van der Waals surface area contributed by atoms with Crippen molar-refractivity contribution in [2.75, 3.05) is 24.4 Å². The van der Waals surface area contributed by atoms with Crippen molar-refractivity contribution in [3.8, 4) is 0 Å². The summed E-state index contributed by atoms with van der Waals surface area (Å²) in [6, 6.07) is 2.55. The van der Waals surface area contributed by atoms with Gasteiger partial charge in [0.25, 0.3) is 0 Å². The van der Waals surface area contributed by atoms with Crippen LogP contribution in [0, 0.1) is 5.82 Å². The van der Waals surface area contributed by atoms with Gasteiger partial charge in [-0.25, -0.2) is 13.4 Å². The summed E-state index contributed by atoms with van der Waals surface area (Å²) < 4.78 is 46.4.